The van der Waals surface area contributed by atoms with Gasteiger partial charge >= 0.3 is 0 Å². The zero-order chi connectivity index (χ0) is 25.1. The lowest BCUT2D eigenvalue weighted by molar-refractivity contribution is 0.242. The van der Waals surface area contributed by atoms with E-state index in [1.165, 1.54) is 0 Å². The van der Waals surface area contributed by atoms with Crippen molar-refractivity contribution in [3.63, 3.8) is 0 Å². The number of benzene rings is 2. The van der Waals surface area contributed by atoms with Crippen LogP contribution in [0, 0.1) is 0 Å². The van der Waals surface area contributed by atoms with Gasteiger partial charge in [-0.05, 0) is 106 Å². The van der Waals surface area contributed by atoms with Gasteiger partial charge in [-0.1, -0.05) is 6.07 Å². The van der Waals surface area contributed by atoms with Crippen molar-refractivity contribution >= 4 is 23.0 Å². The quantitative estimate of drug-likeness (QED) is 0.271. The fraction of sp³-hybridized carbons (Fsp3) is 0.241. The molecule has 7 heteroatoms. The molecule has 1 saturated heterocycles. The monoisotopic (exact) mass is 499 g/mol. The predicted octanol–water partition coefficient (Wildman–Crippen LogP) is 6.70. The fourth-order valence-electron chi connectivity index (χ4n) is 4.43. The summed E-state index contributed by atoms with van der Waals surface area (Å²) in [4.78, 5) is 6.71. The Morgan fingerprint density at radius 3 is 2.39 bits per heavy atom. The first-order valence-electron chi connectivity index (χ1n) is 12.1. The number of aromatic nitrogens is 1. The SMILES string of the molecule is CCOc1ccc(-c2ccc([C@@H]3[C@@H](c4ccccn4)NC(=S)N3c3ccc(OC(C)C)cc3)o2)cc1. The molecular formula is C29H29N3O3S. The van der Waals surface area contributed by atoms with Crippen LogP contribution in [0.2, 0.25) is 0 Å². The Morgan fingerprint density at radius 1 is 0.972 bits per heavy atom. The van der Waals surface area contributed by atoms with Gasteiger partial charge in [-0.3, -0.25) is 4.98 Å². The molecule has 3 heterocycles. The zero-order valence-corrected chi connectivity index (χ0v) is 21.4. The molecule has 0 spiro atoms. The van der Waals surface area contributed by atoms with Gasteiger partial charge in [0, 0.05) is 17.4 Å². The van der Waals surface area contributed by atoms with Crippen molar-refractivity contribution in [3.05, 3.63) is 96.5 Å². The predicted molar refractivity (Wildman–Crippen MR) is 145 cm³/mol. The summed E-state index contributed by atoms with van der Waals surface area (Å²) in [5, 5.41) is 4.09. The second kappa shape index (κ2) is 10.4. The van der Waals surface area contributed by atoms with E-state index in [1.807, 2.05) is 99.6 Å². The highest BCUT2D eigenvalue weighted by Gasteiger charge is 2.42. The van der Waals surface area contributed by atoms with Gasteiger partial charge in [-0.15, -0.1) is 0 Å². The molecule has 5 rings (SSSR count). The highest BCUT2D eigenvalue weighted by Crippen LogP contribution is 2.43. The minimum atomic E-state index is -0.222. The fourth-order valence-corrected chi connectivity index (χ4v) is 4.77. The lowest BCUT2D eigenvalue weighted by atomic mass is 10.0. The smallest absolute Gasteiger partial charge is 0.174 e. The lowest BCUT2D eigenvalue weighted by Gasteiger charge is -2.26. The van der Waals surface area contributed by atoms with E-state index in [0.717, 1.165) is 40.0 Å². The summed E-state index contributed by atoms with van der Waals surface area (Å²) in [5.74, 6) is 3.24. The topological polar surface area (TPSA) is 59.8 Å². The first-order chi connectivity index (χ1) is 17.5. The van der Waals surface area contributed by atoms with Gasteiger partial charge in [0.2, 0.25) is 0 Å². The normalized spacial score (nSPS) is 17.3. The Bertz CT molecular complexity index is 1300. The molecular weight excluding hydrogens is 470 g/mol. The Kier molecular flexibility index (Phi) is 6.91. The van der Waals surface area contributed by atoms with Crippen LogP contribution in [0.25, 0.3) is 11.3 Å². The Labute approximate surface area is 216 Å². The number of hydrogen-bond donors (Lipinski definition) is 1. The van der Waals surface area contributed by atoms with Crippen molar-refractivity contribution in [1.29, 1.82) is 0 Å². The molecule has 36 heavy (non-hydrogen) atoms. The van der Waals surface area contributed by atoms with Crippen molar-refractivity contribution in [3.8, 4) is 22.8 Å². The summed E-state index contributed by atoms with van der Waals surface area (Å²) in [7, 11) is 0. The molecule has 1 aliphatic heterocycles. The Balaban J connectivity index is 1.51. The number of anilines is 1. The molecule has 1 N–H and O–H groups in total. The van der Waals surface area contributed by atoms with Gasteiger partial charge in [-0.25, -0.2) is 0 Å². The number of nitrogens with zero attached hydrogens (tertiary/aromatic N) is 2. The van der Waals surface area contributed by atoms with E-state index >= 15 is 0 Å². The van der Waals surface area contributed by atoms with E-state index in [0.29, 0.717) is 11.7 Å². The largest absolute Gasteiger partial charge is 0.494 e. The molecule has 0 unspecified atom stereocenters. The maximum Gasteiger partial charge on any atom is 0.174 e. The van der Waals surface area contributed by atoms with E-state index < -0.39 is 0 Å². The molecule has 6 nitrogen and oxygen atoms in total. The molecule has 2 atom stereocenters. The van der Waals surface area contributed by atoms with Crippen LogP contribution in [0.4, 0.5) is 5.69 Å². The van der Waals surface area contributed by atoms with Crippen LogP contribution in [0.5, 0.6) is 11.5 Å². The molecule has 0 radical (unpaired) electrons. The van der Waals surface area contributed by atoms with Gasteiger partial charge in [0.25, 0.3) is 0 Å². The third-order valence-electron chi connectivity index (χ3n) is 5.95. The van der Waals surface area contributed by atoms with Crippen molar-refractivity contribution in [2.75, 3.05) is 11.5 Å². The van der Waals surface area contributed by atoms with Crippen molar-refractivity contribution in [1.82, 2.24) is 10.3 Å². The molecule has 2 aromatic carbocycles. The minimum absolute atomic E-state index is 0.107. The van der Waals surface area contributed by atoms with E-state index in [1.54, 1.807) is 6.20 Å². The van der Waals surface area contributed by atoms with Gasteiger partial charge in [0.1, 0.15) is 29.1 Å². The first kappa shape index (κ1) is 23.9. The third kappa shape index (κ3) is 4.93. The maximum atomic E-state index is 6.45. The highest BCUT2D eigenvalue weighted by molar-refractivity contribution is 7.80. The number of rotatable bonds is 8. The molecule has 184 valence electrons. The second-order valence-electron chi connectivity index (χ2n) is 8.82. The van der Waals surface area contributed by atoms with Crippen LogP contribution in [0.3, 0.4) is 0 Å². The average Bonchev–Trinajstić information content (AvgIpc) is 3.50. The van der Waals surface area contributed by atoms with Crippen molar-refractivity contribution in [2.24, 2.45) is 0 Å². The first-order valence-corrected chi connectivity index (χ1v) is 12.5. The summed E-state index contributed by atoms with van der Waals surface area (Å²) in [6.07, 6.45) is 1.90. The number of thiocarbonyl (C=S) groups is 1. The van der Waals surface area contributed by atoms with Crippen LogP contribution in [0.1, 0.15) is 44.3 Å². The van der Waals surface area contributed by atoms with E-state index in [4.69, 9.17) is 26.1 Å². The molecule has 0 aliphatic carbocycles. The molecule has 0 amide bonds. The van der Waals surface area contributed by atoms with Crippen LogP contribution in [-0.2, 0) is 0 Å². The molecule has 4 aromatic rings. The molecule has 1 aliphatic rings. The van der Waals surface area contributed by atoms with E-state index in [-0.39, 0.29) is 18.2 Å². The van der Waals surface area contributed by atoms with E-state index in [9.17, 15) is 0 Å². The number of pyridine rings is 1. The third-order valence-corrected chi connectivity index (χ3v) is 6.27. The number of ether oxygens (including phenoxy) is 2. The minimum Gasteiger partial charge on any atom is -0.494 e. The number of furan rings is 1. The standard InChI is InChI=1S/C29H29N3O3S/c1-4-33-22-12-8-20(9-13-22)25-16-17-26(35-25)28-27(24-7-5-6-18-30-24)31-29(36)32(28)21-10-14-23(15-11-21)34-19(2)3/h5-19,27-28H,4H2,1-3H3,(H,31,36)/t27-,28-/m1/s1. The molecule has 1 fully saturated rings. The second-order valence-corrected chi connectivity index (χ2v) is 9.20. The Morgan fingerprint density at radius 2 is 1.72 bits per heavy atom. The van der Waals surface area contributed by atoms with Crippen molar-refractivity contribution in [2.45, 2.75) is 39.0 Å². The lowest BCUT2D eigenvalue weighted by Crippen LogP contribution is -2.29. The van der Waals surface area contributed by atoms with Gasteiger partial charge < -0.3 is 24.1 Å². The molecule has 0 saturated carbocycles. The molecule has 0 bridgehead atoms. The highest BCUT2D eigenvalue weighted by atomic mass is 32.1. The van der Waals surface area contributed by atoms with Crippen molar-refractivity contribution < 1.29 is 13.9 Å². The number of nitrogens with one attached hydrogen (secondary N) is 1. The van der Waals surface area contributed by atoms with E-state index in [2.05, 4.69) is 15.2 Å². The van der Waals surface area contributed by atoms with Gasteiger partial charge in [0.05, 0.1) is 24.4 Å². The van der Waals surface area contributed by atoms with Crippen LogP contribution >= 0.6 is 12.2 Å². The average molecular weight is 500 g/mol. The summed E-state index contributed by atoms with van der Waals surface area (Å²) in [5.41, 5.74) is 2.83. The number of hydrogen-bond acceptors (Lipinski definition) is 5. The summed E-state index contributed by atoms with van der Waals surface area (Å²) in [6, 6.07) is 25.4. The zero-order valence-electron chi connectivity index (χ0n) is 20.5. The summed E-state index contributed by atoms with van der Waals surface area (Å²) in [6.45, 7) is 6.63. The van der Waals surface area contributed by atoms with Crippen LogP contribution in [-0.4, -0.2) is 22.8 Å². The van der Waals surface area contributed by atoms with Gasteiger partial charge in [0.15, 0.2) is 5.11 Å². The van der Waals surface area contributed by atoms with Crippen LogP contribution in [0.15, 0.2) is 89.5 Å². The Hall–Kier alpha value is -3.84. The summed E-state index contributed by atoms with van der Waals surface area (Å²) < 4.78 is 17.9. The summed E-state index contributed by atoms with van der Waals surface area (Å²) >= 11 is 5.82. The maximum absolute atomic E-state index is 6.45. The molecule has 2 aromatic heterocycles. The van der Waals surface area contributed by atoms with Gasteiger partial charge in [-0.2, -0.15) is 0 Å². The van der Waals surface area contributed by atoms with Crippen LogP contribution < -0.4 is 19.7 Å².